The number of thioether (sulfide) groups is 1. The summed E-state index contributed by atoms with van der Waals surface area (Å²) in [7, 11) is 0. The second-order valence-corrected chi connectivity index (χ2v) is 7.84. The smallest absolute Gasteiger partial charge is 0.218 e. The van der Waals surface area contributed by atoms with E-state index in [0.29, 0.717) is 12.2 Å². The Morgan fingerprint density at radius 3 is 3.05 bits per heavy atom. The molecular weight excluding hydrogens is 302 g/mol. The van der Waals surface area contributed by atoms with Crippen molar-refractivity contribution in [3.05, 3.63) is 16.3 Å². The number of nitrogens with zero attached hydrogens (tertiary/aromatic N) is 2. The molecule has 0 bridgehead atoms. The summed E-state index contributed by atoms with van der Waals surface area (Å²) in [5, 5.41) is 2.24. The van der Waals surface area contributed by atoms with Gasteiger partial charge in [-0.1, -0.05) is 6.92 Å². The highest BCUT2D eigenvalue weighted by Gasteiger charge is 2.23. The fraction of sp³-hybridized carbons (Fsp3) is 0.533. The Morgan fingerprint density at radius 1 is 1.48 bits per heavy atom. The number of amides is 1. The molecule has 6 heteroatoms. The van der Waals surface area contributed by atoms with Crippen molar-refractivity contribution in [3.63, 3.8) is 0 Å². The highest BCUT2D eigenvalue weighted by Crippen LogP contribution is 2.40. The zero-order chi connectivity index (χ0) is 15.0. The van der Waals surface area contributed by atoms with Crippen LogP contribution < -0.4 is 5.73 Å². The Bertz CT molecular complexity index is 696. The van der Waals surface area contributed by atoms with Gasteiger partial charge in [0.1, 0.15) is 15.7 Å². The van der Waals surface area contributed by atoms with Crippen LogP contribution in [0.2, 0.25) is 0 Å². The van der Waals surface area contributed by atoms with Gasteiger partial charge in [-0.2, -0.15) is 0 Å². The summed E-state index contributed by atoms with van der Waals surface area (Å²) < 4.78 is 0. The molecule has 1 aliphatic carbocycles. The normalized spacial score (nSPS) is 17.9. The fourth-order valence-corrected chi connectivity index (χ4v) is 5.31. The van der Waals surface area contributed by atoms with E-state index < -0.39 is 0 Å². The second-order valence-electron chi connectivity index (χ2n) is 5.67. The van der Waals surface area contributed by atoms with Crippen LogP contribution in [0.5, 0.6) is 0 Å². The average Bonchev–Trinajstić information content (AvgIpc) is 2.74. The SMILES string of the molecule is Cc1nc(SCCC(N)=O)c2c3c(sc2n1)CC(C)CC3. The summed E-state index contributed by atoms with van der Waals surface area (Å²) in [6, 6.07) is 0. The molecule has 2 aromatic rings. The van der Waals surface area contributed by atoms with E-state index in [1.54, 1.807) is 11.8 Å². The van der Waals surface area contributed by atoms with Crippen LogP contribution in [-0.2, 0) is 17.6 Å². The van der Waals surface area contributed by atoms with Crippen molar-refractivity contribution in [2.45, 2.75) is 44.6 Å². The number of rotatable bonds is 4. The summed E-state index contributed by atoms with van der Waals surface area (Å²) >= 11 is 3.44. The molecule has 3 rings (SSSR count). The molecule has 0 radical (unpaired) electrons. The van der Waals surface area contributed by atoms with Crippen molar-refractivity contribution >= 4 is 39.2 Å². The molecule has 1 amide bonds. The fourth-order valence-electron chi connectivity index (χ4n) is 2.76. The predicted octanol–water partition coefficient (Wildman–Crippen LogP) is 3.09. The largest absolute Gasteiger partial charge is 0.370 e. The van der Waals surface area contributed by atoms with Crippen molar-refractivity contribution in [3.8, 4) is 0 Å². The Hall–Kier alpha value is -1.14. The van der Waals surface area contributed by atoms with Crippen molar-refractivity contribution < 1.29 is 4.79 Å². The monoisotopic (exact) mass is 321 g/mol. The molecule has 2 aromatic heterocycles. The van der Waals surface area contributed by atoms with E-state index in [9.17, 15) is 4.79 Å². The second kappa shape index (κ2) is 5.93. The van der Waals surface area contributed by atoms with E-state index in [2.05, 4.69) is 16.9 Å². The minimum absolute atomic E-state index is 0.259. The highest BCUT2D eigenvalue weighted by molar-refractivity contribution is 7.99. The maximum atomic E-state index is 10.9. The van der Waals surface area contributed by atoms with Gasteiger partial charge in [0.2, 0.25) is 5.91 Å². The van der Waals surface area contributed by atoms with Gasteiger partial charge in [-0.15, -0.1) is 23.1 Å². The molecule has 2 heterocycles. The molecule has 1 unspecified atom stereocenters. The molecule has 112 valence electrons. The van der Waals surface area contributed by atoms with Gasteiger partial charge in [-0.05, 0) is 37.7 Å². The summed E-state index contributed by atoms with van der Waals surface area (Å²) in [5.41, 5.74) is 6.66. The quantitative estimate of drug-likeness (QED) is 0.694. The third kappa shape index (κ3) is 3.06. The average molecular weight is 321 g/mol. The first kappa shape index (κ1) is 14.8. The minimum Gasteiger partial charge on any atom is -0.370 e. The van der Waals surface area contributed by atoms with E-state index in [-0.39, 0.29) is 5.91 Å². The topological polar surface area (TPSA) is 68.9 Å². The number of nitrogens with two attached hydrogens (primary N) is 1. The summed E-state index contributed by atoms with van der Waals surface area (Å²) in [6.07, 6.45) is 3.89. The van der Waals surface area contributed by atoms with Gasteiger partial charge in [0.25, 0.3) is 0 Å². The van der Waals surface area contributed by atoms with Crippen LogP contribution in [0.4, 0.5) is 0 Å². The lowest BCUT2D eigenvalue weighted by Crippen LogP contribution is -2.11. The van der Waals surface area contributed by atoms with Gasteiger partial charge in [-0.3, -0.25) is 4.79 Å². The van der Waals surface area contributed by atoms with Crippen molar-refractivity contribution in [2.24, 2.45) is 11.7 Å². The molecule has 0 saturated carbocycles. The summed E-state index contributed by atoms with van der Waals surface area (Å²) in [4.78, 5) is 22.7. The first-order valence-corrected chi connectivity index (χ1v) is 9.04. The van der Waals surface area contributed by atoms with Crippen molar-refractivity contribution in [1.29, 1.82) is 0 Å². The van der Waals surface area contributed by atoms with E-state index in [4.69, 9.17) is 5.73 Å². The molecule has 4 nitrogen and oxygen atoms in total. The van der Waals surface area contributed by atoms with E-state index in [1.807, 2.05) is 18.3 Å². The Labute approximate surface area is 132 Å². The molecule has 0 aliphatic heterocycles. The van der Waals surface area contributed by atoms with Gasteiger partial charge in [0.15, 0.2) is 0 Å². The number of hydrogen-bond donors (Lipinski definition) is 1. The molecular formula is C15H19N3OS2. The number of carbonyl (C=O) groups excluding carboxylic acids is 1. The van der Waals surface area contributed by atoms with Crippen LogP contribution in [0.25, 0.3) is 10.2 Å². The molecule has 1 atom stereocenters. The lowest BCUT2D eigenvalue weighted by molar-refractivity contribution is -0.117. The number of carbonyl (C=O) groups is 1. The van der Waals surface area contributed by atoms with Crippen LogP contribution in [0, 0.1) is 12.8 Å². The predicted molar refractivity (Wildman–Crippen MR) is 87.9 cm³/mol. The molecule has 0 spiro atoms. The third-order valence-electron chi connectivity index (χ3n) is 3.82. The van der Waals surface area contributed by atoms with E-state index >= 15 is 0 Å². The van der Waals surface area contributed by atoms with E-state index in [1.165, 1.54) is 22.2 Å². The number of aromatic nitrogens is 2. The number of primary amides is 1. The number of thiophene rings is 1. The van der Waals surface area contributed by atoms with Crippen molar-refractivity contribution in [2.75, 3.05) is 5.75 Å². The molecule has 0 saturated heterocycles. The zero-order valence-electron chi connectivity index (χ0n) is 12.3. The maximum absolute atomic E-state index is 10.9. The van der Waals surface area contributed by atoms with Crippen LogP contribution in [0.15, 0.2) is 5.03 Å². The van der Waals surface area contributed by atoms with Crippen LogP contribution in [0.1, 0.15) is 36.0 Å². The molecule has 0 fully saturated rings. The van der Waals surface area contributed by atoms with E-state index in [0.717, 1.165) is 34.4 Å². The van der Waals surface area contributed by atoms with Crippen LogP contribution >= 0.6 is 23.1 Å². The number of aryl methyl sites for hydroxylation is 2. The minimum atomic E-state index is -0.259. The summed E-state index contributed by atoms with van der Waals surface area (Å²) in [6.45, 7) is 4.24. The van der Waals surface area contributed by atoms with Crippen molar-refractivity contribution in [1.82, 2.24) is 9.97 Å². The summed E-state index contributed by atoms with van der Waals surface area (Å²) in [5.74, 6) is 1.98. The third-order valence-corrected chi connectivity index (χ3v) is 5.95. The van der Waals surface area contributed by atoms with Gasteiger partial charge in [-0.25, -0.2) is 9.97 Å². The Balaban J connectivity index is 2.00. The van der Waals surface area contributed by atoms with Gasteiger partial charge < -0.3 is 5.73 Å². The van der Waals surface area contributed by atoms with Gasteiger partial charge >= 0.3 is 0 Å². The first-order chi connectivity index (χ1) is 10.0. The molecule has 21 heavy (non-hydrogen) atoms. The Morgan fingerprint density at radius 2 is 2.29 bits per heavy atom. The van der Waals surface area contributed by atoms with Crippen LogP contribution in [0.3, 0.4) is 0 Å². The molecule has 0 aromatic carbocycles. The van der Waals surface area contributed by atoms with Gasteiger partial charge in [0, 0.05) is 22.4 Å². The van der Waals surface area contributed by atoms with Crippen LogP contribution in [-0.4, -0.2) is 21.6 Å². The standard InChI is InChI=1S/C15H19N3OS2/c1-8-3-4-10-11(7-8)21-15-13(10)14(17-9(2)18-15)20-6-5-12(16)19/h8H,3-7H2,1-2H3,(H2,16,19). The number of fused-ring (bicyclic) bond motifs is 3. The van der Waals surface area contributed by atoms with Gasteiger partial charge in [0.05, 0.1) is 0 Å². The lowest BCUT2D eigenvalue weighted by Gasteiger charge is -2.18. The lowest BCUT2D eigenvalue weighted by atomic mass is 9.89. The maximum Gasteiger partial charge on any atom is 0.218 e. The molecule has 2 N–H and O–H groups in total. The Kier molecular flexibility index (Phi) is 4.17. The first-order valence-electron chi connectivity index (χ1n) is 7.24. The zero-order valence-corrected chi connectivity index (χ0v) is 13.9. The molecule has 1 aliphatic rings. The number of hydrogen-bond acceptors (Lipinski definition) is 5. The highest BCUT2D eigenvalue weighted by atomic mass is 32.2.